The standard InChI is InChI=1S/C22H16N6O9S2/c23-19-18-12(11-17(39(35,36)37)21(22(18)29)27-24-13-6-2-1-3-7-13)10-16(38(32,33)34)20(19)26-25-14-8-4-5-9-15(14)28(30)31/h1-11,29H,23H2,(H,32,33,34)(H,35,36,37)/b26-25+,27-24+. The SMILES string of the molecule is Nc1c(/N=N/c2ccccc2[N+](=O)[O-])c(S(=O)(=O)O)cc2cc(S(=O)(=O)O)c(/N=N/c3ccccc3)c(O)c12. The second-order valence-electron chi connectivity index (χ2n) is 7.74. The van der Waals surface area contributed by atoms with Crippen molar-refractivity contribution in [3.05, 3.63) is 76.8 Å². The zero-order valence-electron chi connectivity index (χ0n) is 19.3. The van der Waals surface area contributed by atoms with Gasteiger partial charge in [0.25, 0.3) is 25.9 Å². The van der Waals surface area contributed by atoms with Crippen LogP contribution in [0.1, 0.15) is 0 Å². The van der Waals surface area contributed by atoms with Gasteiger partial charge in [-0.15, -0.1) is 15.3 Å². The van der Waals surface area contributed by atoms with Crippen LogP contribution in [0.4, 0.5) is 34.1 Å². The zero-order chi connectivity index (χ0) is 28.5. The first-order valence-electron chi connectivity index (χ1n) is 10.5. The molecule has 0 radical (unpaired) electrons. The molecule has 4 aromatic carbocycles. The van der Waals surface area contributed by atoms with Gasteiger partial charge in [-0.25, -0.2) is 0 Å². The molecule has 0 fully saturated rings. The monoisotopic (exact) mass is 572 g/mol. The predicted octanol–water partition coefficient (Wildman–Crippen LogP) is 5.36. The van der Waals surface area contributed by atoms with Crippen LogP contribution in [0, 0.1) is 10.1 Å². The quantitative estimate of drug-likeness (QED) is 0.0725. The van der Waals surface area contributed by atoms with Gasteiger partial charge in [-0.1, -0.05) is 30.3 Å². The predicted molar refractivity (Wildman–Crippen MR) is 138 cm³/mol. The first kappa shape index (κ1) is 27.2. The fourth-order valence-electron chi connectivity index (χ4n) is 3.51. The molecule has 0 heterocycles. The molecule has 4 rings (SSSR count). The normalized spacial score (nSPS) is 12.5. The van der Waals surface area contributed by atoms with E-state index in [1.165, 1.54) is 30.3 Å². The summed E-state index contributed by atoms with van der Waals surface area (Å²) in [6, 6.07) is 14.5. The number of phenolic OH excluding ortho intramolecular Hbond substituents is 1. The van der Waals surface area contributed by atoms with Crippen molar-refractivity contribution in [2.24, 2.45) is 20.5 Å². The number of fused-ring (bicyclic) bond motifs is 1. The summed E-state index contributed by atoms with van der Waals surface area (Å²) in [5.41, 5.74) is 3.54. The van der Waals surface area contributed by atoms with Gasteiger partial charge in [0.05, 0.1) is 21.7 Å². The van der Waals surface area contributed by atoms with Gasteiger partial charge in [-0.3, -0.25) is 19.2 Å². The number of hydrogen-bond acceptors (Lipinski definition) is 12. The van der Waals surface area contributed by atoms with E-state index in [2.05, 4.69) is 20.5 Å². The van der Waals surface area contributed by atoms with E-state index in [1.54, 1.807) is 18.2 Å². The highest BCUT2D eigenvalue weighted by Gasteiger charge is 2.28. The number of anilines is 1. The minimum atomic E-state index is -5.10. The maximum absolute atomic E-state index is 12.2. The van der Waals surface area contributed by atoms with Crippen LogP contribution in [0.3, 0.4) is 0 Å². The number of nitro groups is 1. The number of nitrogens with zero attached hydrogens (tertiary/aromatic N) is 5. The summed E-state index contributed by atoms with van der Waals surface area (Å²) in [5.74, 6) is -0.929. The first-order chi connectivity index (χ1) is 18.3. The van der Waals surface area contributed by atoms with Crippen LogP contribution < -0.4 is 5.73 Å². The minimum Gasteiger partial charge on any atom is -0.505 e. The summed E-state index contributed by atoms with van der Waals surface area (Å²) in [6.07, 6.45) is 0. The van der Waals surface area contributed by atoms with Crippen molar-refractivity contribution in [2.45, 2.75) is 9.79 Å². The van der Waals surface area contributed by atoms with E-state index in [9.17, 15) is 41.2 Å². The third-order valence-electron chi connectivity index (χ3n) is 5.23. The topological polar surface area (TPSA) is 248 Å². The van der Waals surface area contributed by atoms with Gasteiger partial charge in [0.1, 0.15) is 21.2 Å². The molecule has 0 unspecified atom stereocenters. The van der Waals surface area contributed by atoms with Gasteiger partial charge in [0, 0.05) is 6.07 Å². The average molecular weight is 573 g/mol. The average Bonchev–Trinajstić information content (AvgIpc) is 2.86. The summed E-state index contributed by atoms with van der Waals surface area (Å²) in [4.78, 5) is 8.62. The van der Waals surface area contributed by atoms with E-state index in [0.717, 1.165) is 18.2 Å². The van der Waals surface area contributed by atoms with E-state index in [0.29, 0.717) is 0 Å². The van der Waals surface area contributed by atoms with Crippen LogP contribution in [0.2, 0.25) is 0 Å². The lowest BCUT2D eigenvalue weighted by atomic mass is 10.1. The van der Waals surface area contributed by atoms with Crippen LogP contribution in [-0.2, 0) is 20.2 Å². The van der Waals surface area contributed by atoms with Gasteiger partial charge in [-0.05, 0) is 35.7 Å². The molecule has 0 saturated carbocycles. The molecular formula is C22H16N6O9S2. The van der Waals surface area contributed by atoms with Gasteiger partial charge in [0.15, 0.2) is 11.4 Å². The van der Waals surface area contributed by atoms with Gasteiger partial charge < -0.3 is 10.8 Å². The molecule has 4 aromatic rings. The third kappa shape index (κ3) is 5.55. The van der Waals surface area contributed by atoms with E-state index in [-0.39, 0.29) is 22.1 Å². The first-order valence-corrected chi connectivity index (χ1v) is 13.4. The highest BCUT2D eigenvalue weighted by Crippen LogP contribution is 2.48. The largest absolute Gasteiger partial charge is 0.505 e. The smallest absolute Gasteiger partial charge is 0.296 e. The Labute approximate surface area is 219 Å². The molecule has 0 spiro atoms. The molecular weight excluding hydrogens is 556 g/mol. The maximum atomic E-state index is 12.2. The lowest BCUT2D eigenvalue weighted by Gasteiger charge is -2.14. The van der Waals surface area contributed by atoms with Crippen molar-refractivity contribution < 1.29 is 36.0 Å². The van der Waals surface area contributed by atoms with Gasteiger partial charge >= 0.3 is 0 Å². The number of rotatable bonds is 7. The number of aromatic hydroxyl groups is 1. The Balaban J connectivity index is 2.04. The Morgan fingerprint density at radius 2 is 1.31 bits per heavy atom. The second-order valence-corrected chi connectivity index (χ2v) is 10.5. The molecule has 39 heavy (non-hydrogen) atoms. The lowest BCUT2D eigenvalue weighted by molar-refractivity contribution is -0.384. The molecule has 200 valence electrons. The van der Waals surface area contributed by atoms with E-state index >= 15 is 0 Å². The van der Waals surface area contributed by atoms with Crippen LogP contribution in [0.15, 0.2) is 97.0 Å². The third-order valence-corrected chi connectivity index (χ3v) is 6.96. The number of phenols is 1. The molecule has 0 aliphatic carbocycles. The summed E-state index contributed by atoms with van der Waals surface area (Å²) in [5, 5.41) is 36.5. The summed E-state index contributed by atoms with van der Waals surface area (Å²) in [6.45, 7) is 0. The van der Waals surface area contributed by atoms with Crippen molar-refractivity contribution in [3.8, 4) is 5.75 Å². The Hall–Kier alpha value is -4.84. The van der Waals surface area contributed by atoms with Crippen molar-refractivity contribution in [1.29, 1.82) is 0 Å². The zero-order valence-corrected chi connectivity index (χ0v) is 20.9. The number of nitrogen functional groups attached to an aromatic ring is 1. The van der Waals surface area contributed by atoms with Crippen LogP contribution in [0.5, 0.6) is 5.75 Å². The molecule has 0 aliphatic rings. The number of para-hydroxylation sites is 1. The summed E-state index contributed by atoms with van der Waals surface area (Å²) in [7, 11) is -10.2. The van der Waals surface area contributed by atoms with E-state index in [4.69, 9.17) is 5.73 Å². The van der Waals surface area contributed by atoms with Crippen molar-refractivity contribution in [3.63, 3.8) is 0 Å². The molecule has 0 aliphatic heterocycles. The lowest BCUT2D eigenvalue weighted by Crippen LogP contribution is -2.03. The number of nitro benzene ring substituents is 1. The van der Waals surface area contributed by atoms with Crippen LogP contribution in [-0.4, -0.2) is 36.0 Å². The highest BCUT2D eigenvalue weighted by atomic mass is 32.2. The number of hydrogen-bond donors (Lipinski definition) is 4. The van der Waals surface area contributed by atoms with E-state index in [1.807, 2.05) is 0 Å². The molecule has 0 amide bonds. The Bertz CT molecular complexity index is 1910. The molecule has 17 heteroatoms. The summed E-state index contributed by atoms with van der Waals surface area (Å²) >= 11 is 0. The number of azo groups is 2. The van der Waals surface area contributed by atoms with Crippen molar-refractivity contribution in [1.82, 2.24) is 0 Å². The van der Waals surface area contributed by atoms with Crippen molar-refractivity contribution >= 4 is 65.1 Å². The highest BCUT2D eigenvalue weighted by molar-refractivity contribution is 7.86. The molecule has 0 aromatic heterocycles. The number of benzene rings is 4. The maximum Gasteiger partial charge on any atom is 0.296 e. The van der Waals surface area contributed by atoms with Gasteiger partial charge in [-0.2, -0.15) is 21.9 Å². The second kappa shape index (κ2) is 10.1. The molecule has 0 atom stereocenters. The molecule has 5 N–H and O–H groups in total. The van der Waals surface area contributed by atoms with Gasteiger partial charge in [0.2, 0.25) is 0 Å². The molecule has 15 nitrogen and oxygen atoms in total. The fourth-order valence-corrected chi connectivity index (χ4v) is 4.84. The number of nitrogens with two attached hydrogens (primary N) is 1. The molecule has 0 bridgehead atoms. The fraction of sp³-hybridized carbons (Fsp3) is 0. The van der Waals surface area contributed by atoms with Crippen LogP contribution >= 0.6 is 0 Å². The van der Waals surface area contributed by atoms with Crippen molar-refractivity contribution in [2.75, 3.05) is 5.73 Å². The summed E-state index contributed by atoms with van der Waals surface area (Å²) < 4.78 is 68.1. The molecule has 0 saturated heterocycles. The van der Waals surface area contributed by atoms with E-state index < -0.39 is 63.4 Å². The van der Waals surface area contributed by atoms with Crippen LogP contribution in [0.25, 0.3) is 10.8 Å². The minimum absolute atomic E-state index is 0.256. The Kier molecular flexibility index (Phi) is 7.07. The Morgan fingerprint density at radius 1 is 0.769 bits per heavy atom. The Morgan fingerprint density at radius 3 is 1.90 bits per heavy atom.